The molecule has 4 rings (SSSR count). The lowest BCUT2D eigenvalue weighted by Gasteiger charge is -2.13. The highest BCUT2D eigenvalue weighted by Gasteiger charge is 2.13. The second-order valence-electron chi connectivity index (χ2n) is 6.85. The fourth-order valence-corrected chi connectivity index (χ4v) is 3.97. The van der Waals surface area contributed by atoms with Crippen LogP contribution < -0.4 is 10.1 Å². The summed E-state index contributed by atoms with van der Waals surface area (Å²) in [6.45, 7) is 4.11. The molecule has 0 unspecified atom stereocenters. The van der Waals surface area contributed by atoms with Crippen LogP contribution in [0, 0.1) is 0 Å². The molecule has 1 atom stereocenters. The Morgan fingerprint density at radius 1 is 1.03 bits per heavy atom. The number of benzene rings is 3. The van der Waals surface area contributed by atoms with Crippen molar-refractivity contribution in [3.05, 3.63) is 78.4 Å². The van der Waals surface area contributed by atoms with Gasteiger partial charge in [0.15, 0.2) is 0 Å². The third kappa shape index (κ3) is 4.30. The summed E-state index contributed by atoms with van der Waals surface area (Å²) in [6.07, 6.45) is 1.08. The Morgan fingerprint density at radius 3 is 2.52 bits per heavy atom. The van der Waals surface area contributed by atoms with E-state index in [0.29, 0.717) is 5.56 Å². The van der Waals surface area contributed by atoms with E-state index in [0.717, 1.165) is 38.6 Å². The molecule has 1 heterocycles. The summed E-state index contributed by atoms with van der Waals surface area (Å²) < 4.78 is 6.91. The molecule has 0 aliphatic carbocycles. The zero-order valence-electron chi connectivity index (χ0n) is 16.4. The van der Waals surface area contributed by atoms with Gasteiger partial charge in [0.05, 0.1) is 22.0 Å². The molecule has 0 radical (unpaired) electrons. The summed E-state index contributed by atoms with van der Waals surface area (Å²) in [4.78, 5) is 17.5. The van der Waals surface area contributed by atoms with Gasteiger partial charge in [-0.25, -0.2) is 4.98 Å². The highest BCUT2D eigenvalue weighted by Crippen LogP contribution is 2.34. The number of carbonyl (C=O) groups is 1. The Hall–Kier alpha value is -3.18. The molecule has 0 saturated heterocycles. The number of para-hydroxylation sites is 2. The van der Waals surface area contributed by atoms with Crippen molar-refractivity contribution in [3.63, 3.8) is 0 Å². The summed E-state index contributed by atoms with van der Waals surface area (Å²) in [7, 11) is 0. The third-order valence-electron chi connectivity index (χ3n) is 4.73. The van der Waals surface area contributed by atoms with Gasteiger partial charge in [0.2, 0.25) is 0 Å². The first-order chi connectivity index (χ1) is 14.1. The van der Waals surface area contributed by atoms with Gasteiger partial charge in [-0.3, -0.25) is 4.79 Å². The summed E-state index contributed by atoms with van der Waals surface area (Å²) in [5.74, 6) is 0.611. The molecule has 1 N–H and O–H groups in total. The molecule has 0 bridgehead atoms. The number of amides is 1. The van der Waals surface area contributed by atoms with Crippen LogP contribution in [0.2, 0.25) is 0 Å². The molecule has 29 heavy (non-hydrogen) atoms. The van der Waals surface area contributed by atoms with E-state index in [9.17, 15) is 4.79 Å². The number of hydrogen-bond donors (Lipinski definition) is 1. The molecule has 4 aromatic rings. The van der Waals surface area contributed by atoms with Crippen LogP contribution in [0.1, 0.15) is 30.6 Å². The first kappa shape index (κ1) is 19.2. The smallest absolute Gasteiger partial charge is 0.255 e. The number of thiazole rings is 1. The number of aromatic nitrogens is 1. The first-order valence-corrected chi connectivity index (χ1v) is 10.5. The van der Waals surface area contributed by atoms with Crippen LogP contribution in [-0.2, 0) is 0 Å². The quantitative estimate of drug-likeness (QED) is 0.406. The topological polar surface area (TPSA) is 51.2 Å². The molecule has 0 fully saturated rings. The standard InChI is InChI=1S/C24H22N2O2S/c1-3-16(2)28-18-14-12-17(13-15-18)23(27)25-20-9-5-4-8-19(20)24-26-21-10-6-7-11-22(21)29-24/h4-16H,3H2,1-2H3,(H,25,27)/t16-/m1/s1. The summed E-state index contributed by atoms with van der Waals surface area (Å²) >= 11 is 1.62. The van der Waals surface area contributed by atoms with E-state index in [-0.39, 0.29) is 12.0 Å². The van der Waals surface area contributed by atoms with E-state index >= 15 is 0 Å². The van der Waals surface area contributed by atoms with Gasteiger partial charge in [0, 0.05) is 11.1 Å². The monoisotopic (exact) mass is 402 g/mol. The number of nitrogens with one attached hydrogen (secondary N) is 1. The van der Waals surface area contributed by atoms with E-state index in [1.807, 2.05) is 61.5 Å². The Balaban J connectivity index is 1.56. The number of nitrogens with zero attached hydrogens (tertiary/aromatic N) is 1. The summed E-state index contributed by atoms with van der Waals surface area (Å²) in [5, 5.41) is 3.92. The maximum atomic E-state index is 12.8. The zero-order valence-corrected chi connectivity index (χ0v) is 17.2. The van der Waals surface area contributed by atoms with Crippen LogP contribution in [0.3, 0.4) is 0 Å². The van der Waals surface area contributed by atoms with Crippen molar-refractivity contribution in [1.29, 1.82) is 0 Å². The normalized spacial score (nSPS) is 11.9. The SMILES string of the molecule is CC[C@@H](C)Oc1ccc(C(=O)Nc2ccccc2-c2nc3ccccc3s2)cc1. The molecule has 0 spiro atoms. The molecule has 146 valence electrons. The molecular weight excluding hydrogens is 380 g/mol. The average Bonchev–Trinajstić information content (AvgIpc) is 3.18. The van der Waals surface area contributed by atoms with E-state index < -0.39 is 0 Å². The molecule has 0 aliphatic heterocycles. The fourth-order valence-electron chi connectivity index (χ4n) is 2.96. The summed E-state index contributed by atoms with van der Waals surface area (Å²) in [5.41, 5.74) is 3.21. The van der Waals surface area contributed by atoms with Gasteiger partial charge in [-0.15, -0.1) is 11.3 Å². The van der Waals surface area contributed by atoms with E-state index in [2.05, 4.69) is 18.3 Å². The van der Waals surface area contributed by atoms with E-state index in [1.165, 1.54) is 0 Å². The van der Waals surface area contributed by atoms with Crippen LogP contribution in [0.5, 0.6) is 5.75 Å². The molecule has 3 aromatic carbocycles. The minimum absolute atomic E-state index is 0.148. The number of hydrogen-bond acceptors (Lipinski definition) is 4. The minimum atomic E-state index is -0.159. The van der Waals surface area contributed by atoms with Crippen molar-refractivity contribution < 1.29 is 9.53 Å². The van der Waals surface area contributed by atoms with E-state index in [1.54, 1.807) is 23.5 Å². The van der Waals surface area contributed by atoms with Crippen LogP contribution >= 0.6 is 11.3 Å². The van der Waals surface area contributed by atoms with E-state index in [4.69, 9.17) is 9.72 Å². The van der Waals surface area contributed by atoms with Gasteiger partial charge in [0.1, 0.15) is 10.8 Å². The Bertz CT molecular complexity index is 1100. The molecule has 5 heteroatoms. The van der Waals surface area contributed by atoms with Crippen molar-refractivity contribution in [3.8, 4) is 16.3 Å². The van der Waals surface area contributed by atoms with Gasteiger partial charge in [0.25, 0.3) is 5.91 Å². The molecule has 4 nitrogen and oxygen atoms in total. The second-order valence-corrected chi connectivity index (χ2v) is 7.88. The average molecular weight is 403 g/mol. The predicted molar refractivity (Wildman–Crippen MR) is 120 cm³/mol. The van der Waals surface area contributed by atoms with Crippen LogP contribution in [0.4, 0.5) is 5.69 Å². The summed E-state index contributed by atoms with van der Waals surface area (Å²) in [6, 6.07) is 23.0. The van der Waals surface area contributed by atoms with Crippen LogP contribution in [0.15, 0.2) is 72.8 Å². The predicted octanol–water partition coefficient (Wildman–Crippen LogP) is 6.39. The largest absolute Gasteiger partial charge is 0.491 e. The number of carbonyl (C=O) groups excluding carboxylic acids is 1. The van der Waals surface area contributed by atoms with Gasteiger partial charge in [-0.1, -0.05) is 31.2 Å². The maximum absolute atomic E-state index is 12.8. The van der Waals surface area contributed by atoms with Gasteiger partial charge in [-0.05, 0) is 61.9 Å². The molecule has 1 aromatic heterocycles. The van der Waals surface area contributed by atoms with Crippen molar-refractivity contribution in [2.24, 2.45) is 0 Å². The number of rotatable bonds is 6. The van der Waals surface area contributed by atoms with Crippen LogP contribution in [-0.4, -0.2) is 17.0 Å². The maximum Gasteiger partial charge on any atom is 0.255 e. The minimum Gasteiger partial charge on any atom is -0.491 e. The lowest BCUT2D eigenvalue weighted by Crippen LogP contribution is -2.13. The molecule has 0 aliphatic rings. The zero-order chi connectivity index (χ0) is 20.2. The highest BCUT2D eigenvalue weighted by molar-refractivity contribution is 7.21. The van der Waals surface area contributed by atoms with Gasteiger partial charge >= 0.3 is 0 Å². The third-order valence-corrected chi connectivity index (χ3v) is 5.80. The van der Waals surface area contributed by atoms with Gasteiger partial charge < -0.3 is 10.1 Å². The van der Waals surface area contributed by atoms with Crippen molar-refractivity contribution in [1.82, 2.24) is 4.98 Å². The van der Waals surface area contributed by atoms with Gasteiger partial charge in [-0.2, -0.15) is 0 Å². The first-order valence-electron chi connectivity index (χ1n) is 9.67. The fraction of sp³-hybridized carbons (Fsp3) is 0.167. The Labute approximate surface area is 174 Å². The molecular formula is C24H22N2O2S. The van der Waals surface area contributed by atoms with Crippen molar-refractivity contribution in [2.45, 2.75) is 26.4 Å². The molecule has 1 amide bonds. The number of ether oxygens (including phenoxy) is 1. The van der Waals surface area contributed by atoms with Crippen LogP contribution in [0.25, 0.3) is 20.8 Å². The highest BCUT2D eigenvalue weighted by atomic mass is 32.1. The Morgan fingerprint density at radius 2 is 1.76 bits per heavy atom. The number of fused-ring (bicyclic) bond motifs is 1. The van der Waals surface area contributed by atoms with Crippen molar-refractivity contribution in [2.75, 3.05) is 5.32 Å². The lowest BCUT2D eigenvalue weighted by molar-refractivity contribution is 0.102. The molecule has 0 saturated carbocycles. The Kier molecular flexibility index (Phi) is 5.58. The van der Waals surface area contributed by atoms with Crippen molar-refractivity contribution >= 4 is 33.1 Å². The lowest BCUT2D eigenvalue weighted by atomic mass is 10.1. The number of anilines is 1. The second kappa shape index (κ2) is 8.45.